The Balaban J connectivity index is 0.0000121. The van der Waals surface area contributed by atoms with E-state index in [9.17, 15) is 91.0 Å². The van der Waals surface area contributed by atoms with E-state index in [1.807, 2.05) is 13.8 Å². The summed E-state index contributed by atoms with van der Waals surface area (Å²) in [6, 6.07) is -0.293. The van der Waals surface area contributed by atoms with Crippen LogP contribution in [0.1, 0.15) is 105 Å². The van der Waals surface area contributed by atoms with Crippen LogP contribution in [0.5, 0.6) is 46.0 Å². The first-order valence-electron chi connectivity index (χ1n) is 31.4. The molecule has 2 fully saturated rings. The Bertz CT molecular complexity index is 4160. The Morgan fingerprint density at radius 1 is 0.706 bits per heavy atom. The number of nitrogens with two attached hydrogens (primary N) is 2. The second kappa shape index (κ2) is 31.4. The maximum absolute atomic E-state index is 14.1. The lowest BCUT2D eigenvalue weighted by molar-refractivity contribution is -0.333. The predicted molar refractivity (Wildman–Crippen MR) is 366 cm³/mol. The number of rotatable bonds is 13. The zero-order valence-electron chi connectivity index (χ0n) is 54.7. The van der Waals surface area contributed by atoms with Crippen molar-refractivity contribution >= 4 is 82.9 Å². The Morgan fingerprint density at radius 3 is 1.88 bits per heavy atom. The molecule has 0 radical (unpaired) electrons. The Labute approximate surface area is 596 Å². The van der Waals surface area contributed by atoms with Gasteiger partial charge in [0.1, 0.15) is 71.4 Å². The van der Waals surface area contributed by atoms with E-state index in [1.54, 1.807) is 0 Å². The van der Waals surface area contributed by atoms with Crippen LogP contribution in [0, 0.1) is 5.92 Å². The summed E-state index contributed by atoms with van der Waals surface area (Å²) in [5.74, 6) is -15.1. The minimum absolute atomic E-state index is 0. The molecule has 7 aliphatic rings. The number of benzene rings is 5. The highest BCUT2D eigenvalue weighted by Crippen LogP contribution is 2.51. The number of nitrogens with one attached hydrogen (secondary N) is 2. The van der Waals surface area contributed by atoms with E-state index in [-0.39, 0.29) is 64.4 Å². The summed E-state index contributed by atoms with van der Waals surface area (Å²) in [6.07, 6.45) is -18.3. The van der Waals surface area contributed by atoms with Gasteiger partial charge in [-0.05, 0) is 110 Å². The molecular formula is C66H76Cl3N9O24. The highest BCUT2D eigenvalue weighted by atomic mass is 35.5. The van der Waals surface area contributed by atoms with Crippen LogP contribution in [0.25, 0.3) is 11.1 Å². The fraction of sp³-hybridized carbons (Fsp3) is 0.424. The number of hydrogen-bond acceptors (Lipinski definition) is 25. The number of likely N-dealkylation sites (N-methyl/N-ethyl adjacent to an activating group) is 1. The molecule has 0 aliphatic carbocycles. The summed E-state index contributed by atoms with van der Waals surface area (Å²) < 4.78 is 38.4. The fourth-order valence-corrected chi connectivity index (χ4v) is 12.7. The number of ether oxygens (including phenoxy) is 6. The van der Waals surface area contributed by atoms with Crippen LogP contribution in [0.4, 0.5) is 0 Å². The second-order valence-electron chi connectivity index (χ2n) is 25.4. The minimum atomic E-state index is -2.33. The van der Waals surface area contributed by atoms with Crippen LogP contribution in [0.2, 0.25) is 10.0 Å². The van der Waals surface area contributed by atoms with Crippen LogP contribution >= 0.6 is 35.6 Å². The number of amides is 2. The number of carboxylic acid groups (broad SMARTS) is 1. The smallest absolute Gasteiger partial charge is 0.333 e. The number of carbonyl (C=O) groups excluding carboxylic acids is 2. The number of aliphatic hydroxyl groups excluding tert-OH is 11. The largest absolute Gasteiger partial charge is 0.508 e. The maximum Gasteiger partial charge on any atom is 0.333 e. The second-order valence-corrected chi connectivity index (χ2v) is 26.3. The van der Waals surface area contributed by atoms with Gasteiger partial charge in [0.25, 0.3) is 0 Å². The highest BCUT2D eigenvalue weighted by molar-refractivity contribution is 6.32. The van der Waals surface area contributed by atoms with E-state index in [2.05, 4.69) is 35.6 Å². The Kier molecular flexibility index (Phi) is 23.8. The predicted octanol–water partition coefficient (Wildman–Crippen LogP) is 4.73. The third kappa shape index (κ3) is 16.3. The third-order valence-electron chi connectivity index (χ3n) is 17.5. The SMILES string of the molecule is CN[C@H](CC(C)C)C(=O)NC1C(O)=N[C@@H](CC(N)=O)C(O)=N[C@H]2C(O)=N[C@H]3C(O)=N[C@H](C(O)=N[C@H](C(=O)O)c4cc(O)cc(O)c4-c4cc3ccc4O)[C@H](O)c3ccc(c(Cl)c3)Oc3cc2cc(c3O[C@@H]2O[C@H](CO)[C@@H](O)[C@H](O)[C@H]2O[C@H]2C[C@](C)(N)[C@H](O)[C@H](C)O2)Oc2ccc(cc2Cl)[C@H]1O.Cl. The molecule has 7 aliphatic heterocycles. The molecule has 5 aromatic rings. The van der Waals surface area contributed by atoms with E-state index in [0.29, 0.717) is 0 Å². The summed E-state index contributed by atoms with van der Waals surface area (Å²) in [6.45, 7) is 5.71. The van der Waals surface area contributed by atoms with Crippen molar-refractivity contribution in [3.8, 4) is 57.1 Å². The van der Waals surface area contributed by atoms with Crippen LogP contribution in [-0.2, 0) is 28.6 Å². The number of aromatic hydroxyl groups is 3. The number of primary amides is 1. The van der Waals surface area contributed by atoms with Crippen molar-refractivity contribution in [2.45, 2.75) is 156 Å². The molecule has 0 spiro atoms. The zero-order chi connectivity index (χ0) is 73.5. The van der Waals surface area contributed by atoms with Crippen LogP contribution < -0.4 is 36.3 Å². The average molecular weight is 1490 g/mol. The van der Waals surface area contributed by atoms with E-state index < -0.39 is 231 Å². The number of aliphatic imine (C=N–C) groups is 5. The fourth-order valence-electron chi connectivity index (χ4n) is 12.2. The van der Waals surface area contributed by atoms with E-state index in [0.717, 1.165) is 66.7 Å². The van der Waals surface area contributed by atoms with Gasteiger partial charge in [0, 0.05) is 34.7 Å². The molecule has 7 heterocycles. The normalized spacial score (nSPS) is 29.1. The van der Waals surface area contributed by atoms with Crippen molar-refractivity contribution in [1.29, 1.82) is 0 Å². The maximum atomic E-state index is 14.1. The number of aliphatic carboxylic acids is 1. The van der Waals surface area contributed by atoms with Crippen molar-refractivity contribution in [1.82, 2.24) is 10.6 Å². The summed E-state index contributed by atoms with van der Waals surface area (Å²) in [5.41, 5.74) is 8.19. The van der Waals surface area contributed by atoms with Gasteiger partial charge in [-0.15, -0.1) is 12.4 Å². The number of phenols is 3. The first-order chi connectivity index (χ1) is 47.7. The van der Waals surface area contributed by atoms with Gasteiger partial charge in [0.15, 0.2) is 48.1 Å². The third-order valence-corrected chi connectivity index (χ3v) is 18.1. The van der Waals surface area contributed by atoms with Crippen LogP contribution in [-0.4, -0.2) is 216 Å². The van der Waals surface area contributed by atoms with Crippen molar-refractivity contribution in [2.24, 2.45) is 42.3 Å². The highest BCUT2D eigenvalue weighted by Gasteiger charge is 2.51. The van der Waals surface area contributed by atoms with Gasteiger partial charge in [-0.2, -0.15) is 0 Å². The number of phenolic OH excluding ortho intramolecular Hbond substituents is 3. The van der Waals surface area contributed by atoms with Gasteiger partial charge in [-0.3, -0.25) is 9.59 Å². The monoisotopic (exact) mass is 1480 g/mol. The van der Waals surface area contributed by atoms with Gasteiger partial charge in [-0.1, -0.05) is 55.2 Å². The van der Waals surface area contributed by atoms with Crippen LogP contribution in [0.3, 0.4) is 0 Å². The van der Waals surface area contributed by atoms with Crippen molar-refractivity contribution in [3.05, 3.63) is 117 Å². The van der Waals surface area contributed by atoms with E-state index >= 15 is 0 Å². The number of hydrogen-bond donors (Lipinski definition) is 19. The molecule has 0 aromatic heterocycles. The Morgan fingerprint density at radius 2 is 1.30 bits per heavy atom. The molecule has 12 rings (SSSR count). The van der Waals surface area contributed by atoms with E-state index in [4.69, 9.17) is 63.1 Å². The lowest BCUT2D eigenvalue weighted by Gasteiger charge is -2.47. The first kappa shape index (κ1) is 77.3. The molecule has 0 saturated carbocycles. The van der Waals surface area contributed by atoms with Gasteiger partial charge in [-0.25, -0.2) is 29.8 Å². The van der Waals surface area contributed by atoms with Crippen molar-refractivity contribution in [2.75, 3.05) is 13.7 Å². The van der Waals surface area contributed by atoms with Crippen LogP contribution in [0.15, 0.2) is 104 Å². The summed E-state index contributed by atoms with van der Waals surface area (Å²) >= 11 is 14.1. The number of carboxylic acids is 1. The molecule has 2 saturated heterocycles. The summed E-state index contributed by atoms with van der Waals surface area (Å²) in [5, 5.41) is 181. The number of nitrogens with zero attached hydrogens (tertiary/aromatic N) is 5. The topological polar surface area (TPSA) is 548 Å². The van der Waals surface area contributed by atoms with E-state index in [1.165, 1.54) is 33.0 Å². The van der Waals surface area contributed by atoms with Gasteiger partial charge < -0.3 is 127 Å². The molecule has 33 nitrogen and oxygen atoms in total. The molecular weight excluding hydrogens is 1410 g/mol. The number of carbonyl (C=O) groups is 3. The quantitative estimate of drug-likeness (QED) is 0.0757. The van der Waals surface area contributed by atoms with Gasteiger partial charge >= 0.3 is 5.97 Å². The lowest BCUT2D eigenvalue weighted by atomic mass is 9.86. The zero-order valence-corrected chi connectivity index (χ0v) is 57.0. The number of halogens is 3. The first-order valence-corrected chi connectivity index (χ1v) is 32.2. The molecule has 21 N–H and O–H groups in total. The lowest BCUT2D eigenvalue weighted by Crippen LogP contribution is -2.64. The molecule has 1 unspecified atom stereocenters. The number of aliphatic hydroxyl groups is 11. The average Bonchev–Trinajstić information content (AvgIpc) is 0.773. The van der Waals surface area contributed by atoms with Gasteiger partial charge in [0.05, 0.1) is 41.3 Å². The molecule has 18 atom stereocenters. The standard InChI is InChI=1S/C66H75Cl2N9O24.ClH/c1-23(2)12-34(71-5)58(88)76-49-51(83)26-7-10-38(32(67)14-26)97-40-16-28-17-41(55(40)101-65-56(54(86)53(85)42(22-78)99-65)100-44-21-66(4,70)57(87)24(3)96-44)98-39-11-8-27(15-33(39)68)52(84)50-63(93)75-48(64(94)95)31-18-29(79)19-37(81)45(31)30-13-25(6-9-36(30)80)46(60(90)77-50)74-61(91)47(28)73-59(89)35(20-43(69)82)72-62(49)92;/h6-11,13-19,23-24,34-35,42,44,46-54,56-57,65,71,78-81,83-87H,12,20-22,70H2,1-5H3,(H2,69,82)(H,72,92)(H,73,89)(H,74,91)(H,75,93)(H,76,88)(H,77,90)(H,94,95);1H/t24-,34+,35-,42+,44-,46+,47+,48-,49?,50-,51+,52+,53+,54-,56+,57+,65-,66-;/m0./s1. The summed E-state index contributed by atoms with van der Waals surface area (Å²) in [4.78, 5) is 61.7. The minimum Gasteiger partial charge on any atom is -0.508 e. The van der Waals surface area contributed by atoms with Crippen molar-refractivity contribution in [3.63, 3.8) is 0 Å². The molecule has 102 heavy (non-hydrogen) atoms. The number of fused-ring (bicyclic) bond motifs is 12. The molecule has 2 amide bonds. The molecule has 550 valence electrons. The van der Waals surface area contributed by atoms with Gasteiger partial charge in [0.2, 0.25) is 53.3 Å². The molecule has 5 aromatic carbocycles. The summed E-state index contributed by atoms with van der Waals surface area (Å²) in [7, 11) is 1.49. The molecule has 36 heteroatoms. The van der Waals surface area contributed by atoms with Crippen molar-refractivity contribution < 1.29 is 119 Å². The molecule has 11 bridgehead atoms. The Hall–Kier alpha value is -8.91.